The van der Waals surface area contributed by atoms with Crippen LogP contribution in [0, 0.1) is 29.5 Å². The van der Waals surface area contributed by atoms with Crippen molar-refractivity contribution >= 4 is 0 Å². The summed E-state index contributed by atoms with van der Waals surface area (Å²) in [6.45, 7) is 9.10. The molecule has 0 aliphatic carbocycles. The van der Waals surface area contributed by atoms with Crippen molar-refractivity contribution in [1.29, 1.82) is 5.26 Å². The second-order valence-electron chi connectivity index (χ2n) is 20.7. The number of nitriles is 1. The summed E-state index contributed by atoms with van der Waals surface area (Å²) >= 11 is 0. The maximum absolute atomic E-state index is 9.49. The van der Waals surface area contributed by atoms with E-state index in [4.69, 9.17) is 4.98 Å². The van der Waals surface area contributed by atoms with Gasteiger partial charge in [0, 0.05) is 18.6 Å². The molecule has 0 radical (unpaired) electrons. The van der Waals surface area contributed by atoms with Crippen LogP contribution in [0.3, 0.4) is 0 Å². The molecule has 0 fully saturated rings. The minimum atomic E-state index is 0. The van der Waals surface area contributed by atoms with E-state index in [0.717, 1.165) is 98.4 Å². The third-order valence-electron chi connectivity index (χ3n) is 14.8. The van der Waals surface area contributed by atoms with Gasteiger partial charge in [-0.2, -0.15) is 5.26 Å². The number of rotatable bonds is 16. The number of aromatic nitrogens is 3. The molecule has 0 spiro atoms. The molecule has 384 valence electrons. The van der Waals surface area contributed by atoms with Crippen LogP contribution in [-0.4, -0.2) is 15.0 Å². The van der Waals surface area contributed by atoms with Gasteiger partial charge in [0.2, 0.25) is 0 Å². The van der Waals surface area contributed by atoms with Gasteiger partial charge in [0.15, 0.2) is 0 Å². The first kappa shape index (κ1) is 53.7. The Bertz CT molecular complexity index is 3750. The molecule has 0 aliphatic heterocycles. The molecule has 8 aromatic carbocycles. The first-order valence-corrected chi connectivity index (χ1v) is 27.1. The van der Waals surface area contributed by atoms with E-state index in [2.05, 4.69) is 208 Å². The summed E-state index contributed by atoms with van der Waals surface area (Å²) in [5.74, 6) is 0.723. The fraction of sp³-hybridized carbons (Fsp3) is 0.135. The Morgan fingerprint density at radius 3 is 1.43 bits per heavy atom. The van der Waals surface area contributed by atoms with Gasteiger partial charge in [0.05, 0.1) is 11.6 Å². The average molecular weight is 1200 g/mol. The summed E-state index contributed by atoms with van der Waals surface area (Å²) in [6, 6.07) is 86.1. The average Bonchev–Trinajstić information content (AvgIpc) is 3.53. The topological polar surface area (TPSA) is 62.5 Å². The molecule has 0 saturated heterocycles. The van der Waals surface area contributed by atoms with Crippen LogP contribution in [0.5, 0.6) is 0 Å². The fourth-order valence-electron chi connectivity index (χ4n) is 10.6. The maximum Gasteiger partial charge on any atom is 3.00 e. The van der Waals surface area contributed by atoms with Crippen LogP contribution in [-0.2, 0) is 45.8 Å². The SMILES string of the molecule is CC(C)c1cccc(C(C)C)c1-c1ccnc(-c2[c-]cc(-c3ccccc3-c3cc(CCc4c[c-]c(-c5ccccn5)cc4)cc(CCc4c[c-]c(-c5ccccn5)cc4)c3)c(-c3ccc(-c4ccc(C#N)cc4)cc3)c2)c1.[Ir+3]. The molecule has 0 N–H and O–H groups in total. The van der Waals surface area contributed by atoms with Gasteiger partial charge >= 0.3 is 20.1 Å². The molecule has 3 aromatic heterocycles. The summed E-state index contributed by atoms with van der Waals surface area (Å²) in [4.78, 5) is 14.1. The summed E-state index contributed by atoms with van der Waals surface area (Å²) < 4.78 is 0. The monoisotopic (exact) mass is 1200 g/mol. The van der Waals surface area contributed by atoms with Crippen LogP contribution in [0.15, 0.2) is 225 Å². The predicted molar refractivity (Wildman–Crippen MR) is 320 cm³/mol. The Labute approximate surface area is 480 Å². The van der Waals surface area contributed by atoms with E-state index in [1.54, 1.807) is 0 Å². The smallest absolute Gasteiger partial charge is 0.305 e. The van der Waals surface area contributed by atoms with E-state index < -0.39 is 0 Å². The summed E-state index contributed by atoms with van der Waals surface area (Å²) in [5.41, 5.74) is 25.3. The van der Waals surface area contributed by atoms with Crippen molar-refractivity contribution in [3.8, 4) is 95.5 Å². The van der Waals surface area contributed by atoms with Crippen molar-refractivity contribution in [3.05, 3.63) is 282 Å². The third kappa shape index (κ3) is 12.4. The second-order valence-corrected chi connectivity index (χ2v) is 20.7. The quantitative estimate of drug-likeness (QED) is 0.0905. The van der Waals surface area contributed by atoms with Gasteiger partial charge in [-0.1, -0.05) is 185 Å². The van der Waals surface area contributed by atoms with Crippen LogP contribution >= 0.6 is 0 Å². The van der Waals surface area contributed by atoms with Gasteiger partial charge in [-0.15, -0.1) is 94.5 Å². The minimum Gasteiger partial charge on any atom is -0.305 e. The van der Waals surface area contributed by atoms with Crippen molar-refractivity contribution in [1.82, 2.24) is 15.0 Å². The number of hydrogen-bond donors (Lipinski definition) is 0. The van der Waals surface area contributed by atoms with Crippen molar-refractivity contribution in [3.63, 3.8) is 0 Å². The molecule has 0 bridgehead atoms. The van der Waals surface area contributed by atoms with Gasteiger partial charge in [0.25, 0.3) is 0 Å². The van der Waals surface area contributed by atoms with Crippen LogP contribution in [0.1, 0.15) is 78.5 Å². The van der Waals surface area contributed by atoms with E-state index in [0.29, 0.717) is 17.4 Å². The number of benzene rings is 8. The molecule has 0 unspecified atom stereocenters. The van der Waals surface area contributed by atoms with E-state index in [1.807, 2.05) is 79.3 Å². The van der Waals surface area contributed by atoms with Crippen LogP contribution in [0.25, 0.3) is 89.4 Å². The summed E-state index contributed by atoms with van der Waals surface area (Å²) in [7, 11) is 0. The first-order valence-electron chi connectivity index (χ1n) is 27.1. The standard InChI is InChI=1S/C74H59N4.Ir/c1-50(2)65-14-11-15-66(51(3)4)74(65)63-40-43-78-73(48-63)62-38-39-69(70(47-62)59-36-34-58(35-37-59)57-28-26-54(49-75)27-29-57)68-13-6-5-12-67(68)64-45-55(20-18-52-22-30-60(31-23-52)71-16-7-9-41-76-71)44-56(46-64)21-19-53-24-32-61(33-25-53)72-17-8-10-42-77-72;/h5-17,22-30,32,34-37,39-48,50-51H,18-21H2,1-4H3;/q-3;+3. The molecule has 0 amide bonds. The summed E-state index contributed by atoms with van der Waals surface area (Å²) in [5, 5.41) is 9.49. The molecule has 4 nitrogen and oxygen atoms in total. The number of pyridine rings is 3. The Hall–Kier alpha value is -8.65. The van der Waals surface area contributed by atoms with Crippen LogP contribution < -0.4 is 0 Å². The predicted octanol–water partition coefficient (Wildman–Crippen LogP) is 18.3. The van der Waals surface area contributed by atoms with E-state index in [9.17, 15) is 5.26 Å². The Balaban J connectivity index is 0.00000704. The zero-order chi connectivity index (χ0) is 53.4. The van der Waals surface area contributed by atoms with Gasteiger partial charge in [-0.3, -0.25) is 0 Å². The molecule has 11 aromatic rings. The van der Waals surface area contributed by atoms with Crippen LogP contribution in [0.4, 0.5) is 0 Å². The van der Waals surface area contributed by atoms with Crippen molar-refractivity contribution < 1.29 is 20.1 Å². The van der Waals surface area contributed by atoms with E-state index in [1.165, 1.54) is 50.1 Å². The van der Waals surface area contributed by atoms with Gasteiger partial charge in [-0.05, 0) is 133 Å². The maximum atomic E-state index is 9.49. The Kier molecular flexibility index (Phi) is 16.9. The molecule has 0 saturated carbocycles. The molecule has 3 heterocycles. The molecule has 0 aliphatic rings. The first-order chi connectivity index (χ1) is 38.2. The van der Waals surface area contributed by atoms with E-state index >= 15 is 0 Å². The normalized spacial score (nSPS) is 11.1. The minimum absolute atomic E-state index is 0. The number of hydrogen-bond acceptors (Lipinski definition) is 4. The molecule has 5 heteroatoms. The van der Waals surface area contributed by atoms with Gasteiger partial charge < -0.3 is 15.0 Å². The number of aryl methyl sites for hydroxylation is 4. The van der Waals surface area contributed by atoms with Gasteiger partial charge in [-0.25, -0.2) is 0 Å². The van der Waals surface area contributed by atoms with Crippen LogP contribution in [0.2, 0.25) is 0 Å². The number of nitrogens with zero attached hydrogens (tertiary/aromatic N) is 4. The zero-order valence-corrected chi connectivity index (χ0v) is 47.4. The molecule has 0 atom stereocenters. The molecule has 11 rings (SSSR count). The second kappa shape index (κ2) is 24.8. The molecule has 79 heavy (non-hydrogen) atoms. The van der Waals surface area contributed by atoms with Crippen molar-refractivity contribution in [2.24, 2.45) is 0 Å². The van der Waals surface area contributed by atoms with Crippen molar-refractivity contribution in [2.45, 2.75) is 65.2 Å². The van der Waals surface area contributed by atoms with E-state index in [-0.39, 0.29) is 20.1 Å². The molecular weight excluding hydrogens is 1140 g/mol. The Morgan fingerprint density at radius 2 is 0.899 bits per heavy atom. The zero-order valence-electron chi connectivity index (χ0n) is 45.0. The third-order valence-corrected chi connectivity index (χ3v) is 14.8. The molecular formula is C74H59IrN4. The largest absolute Gasteiger partial charge is 3.00 e. The van der Waals surface area contributed by atoms with Gasteiger partial charge in [0.1, 0.15) is 0 Å². The van der Waals surface area contributed by atoms with Crippen molar-refractivity contribution in [2.75, 3.05) is 0 Å². The Morgan fingerprint density at radius 1 is 0.380 bits per heavy atom. The summed E-state index contributed by atoms with van der Waals surface area (Å²) in [6.07, 6.45) is 9.11. The fourth-order valence-corrected chi connectivity index (χ4v) is 10.6.